The first-order valence-corrected chi connectivity index (χ1v) is 15.8. The molecule has 1 aliphatic heterocycles. The van der Waals surface area contributed by atoms with Gasteiger partial charge in [0, 0.05) is 31.6 Å². The average molecular weight is 551 g/mol. The molecule has 1 saturated heterocycles. The standard InChI is InChI=1S/C32H42N2O4S/c1-3-29(13-8-10-22-34-21-9-4-5-14-32(34)35)33-25(2)23-26-15-18-30(19-16-26)38-39(36,37)31-20-17-27-11-6-7-12-28(27)24-31/h6-7,11-12,15-20,24-25,29,33H,3-5,8-10,13-14,21-23H2,1-2H3. The molecule has 0 bridgehead atoms. The molecule has 39 heavy (non-hydrogen) atoms. The number of hydrogen-bond acceptors (Lipinski definition) is 5. The van der Waals surface area contributed by atoms with Crippen LogP contribution in [0.5, 0.6) is 5.75 Å². The van der Waals surface area contributed by atoms with Crippen LogP contribution >= 0.6 is 0 Å². The zero-order chi connectivity index (χ0) is 27.7. The smallest absolute Gasteiger partial charge is 0.339 e. The zero-order valence-corrected chi connectivity index (χ0v) is 24.1. The molecule has 2 unspecified atom stereocenters. The van der Waals surface area contributed by atoms with Crippen molar-refractivity contribution in [3.63, 3.8) is 0 Å². The van der Waals surface area contributed by atoms with E-state index in [0.717, 1.165) is 74.4 Å². The number of unbranched alkanes of at least 4 members (excludes halogenated alkanes) is 1. The normalized spacial score (nSPS) is 16.2. The van der Waals surface area contributed by atoms with Crippen LogP contribution in [-0.2, 0) is 21.3 Å². The van der Waals surface area contributed by atoms with Crippen molar-refractivity contribution in [2.75, 3.05) is 13.1 Å². The third-order valence-electron chi connectivity index (χ3n) is 7.60. The van der Waals surface area contributed by atoms with E-state index in [1.165, 1.54) is 6.42 Å². The molecule has 0 radical (unpaired) electrons. The lowest BCUT2D eigenvalue weighted by atomic mass is 10.0. The van der Waals surface area contributed by atoms with Crippen molar-refractivity contribution in [3.8, 4) is 5.75 Å². The van der Waals surface area contributed by atoms with Gasteiger partial charge in [0.05, 0.1) is 0 Å². The largest absolute Gasteiger partial charge is 0.379 e. The summed E-state index contributed by atoms with van der Waals surface area (Å²) in [7, 11) is -3.92. The monoisotopic (exact) mass is 550 g/mol. The third kappa shape index (κ3) is 8.54. The number of amides is 1. The van der Waals surface area contributed by atoms with E-state index in [4.69, 9.17) is 4.18 Å². The van der Waals surface area contributed by atoms with Gasteiger partial charge < -0.3 is 14.4 Å². The van der Waals surface area contributed by atoms with Gasteiger partial charge in [0.25, 0.3) is 0 Å². The number of nitrogens with zero attached hydrogens (tertiary/aromatic N) is 1. The van der Waals surface area contributed by atoms with E-state index in [-0.39, 0.29) is 10.9 Å². The van der Waals surface area contributed by atoms with Crippen molar-refractivity contribution in [1.29, 1.82) is 0 Å². The molecule has 4 rings (SSSR count). The lowest BCUT2D eigenvalue weighted by Gasteiger charge is -2.24. The number of carbonyl (C=O) groups is 1. The second-order valence-electron chi connectivity index (χ2n) is 10.8. The van der Waals surface area contributed by atoms with Gasteiger partial charge in [0.15, 0.2) is 0 Å². The molecular weight excluding hydrogens is 508 g/mol. The molecule has 0 aromatic heterocycles. The number of fused-ring (bicyclic) bond motifs is 1. The molecule has 2 atom stereocenters. The van der Waals surface area contributed by atoms with Gasteiger partial charge in [-0.2, -0.15) is 8.42 Å². The number of carbonyl (C=O) groups excluding carboxylic acids is 1. The van der Waals surface area contributed by atoms with Gasteiger partial charge in [0.1, 0.15) is 10.6 Å². The Bertz CT molecular complexity index is 1320. The molecule has 1 aliphatic rings. The summed E-state index contributed by atoms with van der Waals surface area (Å²) in [5.74, 6) is 0.635. The first kappa shape index (κ1) is 29.1. The van der Waals surface area contributed by atoms with Crippen LogP contribution in [0, 0.1) is 0 Å². The van der Waals surface area contributed by atoms with E-state index < -0.39 is 10.1 Å². The minimum absolute atomic E-state index is 0.145. The molecule has 1 fully saturated rings. The number of nitrogens with one attached hydrogen (secondary N) is 1. The Hall–Kier alpha value is -2.90. The van der Waals surface area contributed by atoms with Crippen molar-refractivity contribution >= 4 is 26.8 Å². The zero-order valence-electron chi connectivity index (χ0n) is 23.3. The average Bonchev–Trinajstić information content (AvgIpc) is 3.14. The Morgan fingerprint density at radius 2 is 1.72 bits per heavy atom. The summed E-state index contributed by atoms with van der Waals surface area (Å²) in [4.78, 5) is 14.4. The van der Waals surface area contributed by atoms with Crippen molar-refractivity contribution in [3.05, 3.63) is 72.3 Å². The maximum Gasteiger partial charge on any atom is 0.339 e. The van der Waals surface area contributed by atoms with E-state index in [1.807, 2.05) is 36.4 Å². The first-order valence-electron chi connectivity index (χ1n) is 14.4. The highest BCUT2D eigenvalue weighted by molar-refractivity contribution is 7.87. The topological polar surface area (TPSA) is 75.7 Å². The maximum atomic E-state index is 12.8. The van der Waals surface area contributed by atoms with Crippen LogP contribution in [0.3, 0.4) is 0 Å². The lowest BCUT2D eigenvalue weighted by molar-refractivity contribution is -0.130. The van der Waals surface area contributed by atoms with Crippen LogP contribution in [-0.4, -0.2) is 44.4 Å². The second kappa shape index (κ2) is 13.9. The van der Waals surface area contributed by atoms with Gasteiger partial charge in [-0.15, -0.1) is 0 Å². The molecule has 3 aromatic rings. The van der Waals surface area contributed by atoms with Crippen LogP contribution < -0.4 is 9.50 Å². The summed E-state index contributed by atoms with van der Waals surface area (Å²) in [6.45, 7) is 6.21. The van der Waals surface area contributed by atoms with Gasteiger partial charge >= 0.3 is 10.1 Å². The highest BCUT2D eigenvalue weighted by Gasteiger charge is 2.18. The second-order valence-corrected chi connectivity index (χ2v) is 12.3. The molecule has 3 aromatic carbocycles. The third-order valence-corrected chi connectivity index (χ3v) is 8.84. The summed E-state index contributed by atoms with van der Waals surface area (Å²) in [6.07, 6.45) is 9.23. The molecule has 0 aliphatic carbocycles. The van der Waals surface area contributed by atoms with Crippen molar-refractivity contribution in [2.24, 2.45) is 0 Å². The molecule has 0 saturated carbocycles. The van der Waals surface area contributed by atoms with Crippen LogP contribution in [0.2, 0.25) is 0 Å². The van der Waals surface area contributed by atoms with Gasteiger partial charge in [0.2, 0.25) is 5.91 Å². The minimum atomic E-state index is -3.92. The Labute approximate surface area is 233 Å². The fraction of sp³-hybridized carbons (Fsp3) is 0.469. The highest BCUT2D eigenvalue weighted by Crippen LogP contribution is 2.23. The molecule has 1 amide bonds. The van der Waals surface area contributed by atoms with Crippen LogP contribution in [0.1, 0.15) is 70.8 Å². The highest BCUT2D eigenvalue weighted by atomic mass is 32.2. The Kier molecular flexibility index (Phi) is 10.4. The molecule has 1 heterocycles. The number of hydrogen-bond donors (Lipinski definition) is 1. The predicted octanol–water partition coefficient (Wildman–Crippen LogP) is 6.48. The fourth-order valence-electron chi connectivity index (χ4n) is 5.37. The predicted molar refractivity (Wildman–Crippen MR) is 157 cm³/mol. The van der Waals surface area contributed by atoms with E-state index >= 15 is 0 Å². The SMILES string of the molecule is CCC(CCCCN1CCCCCC1=O)NC(C)Cc1ccc(OS(=O)(=O)c2ccc3ccccc3c2)cc1. The van der Waals surface area contributed by atoms with Gasteiger partial charge in [-0.3, -0.25) is 4.79 Å². The van der Waals surface area contributed by atoms with Crippen LogP contribution in [0.4, 0.5) is 0 Å². The molecule has 7 heteroatoms. The number of benzene rings is 3. The van der Waals surface area contributed by atoms with Crippen LogP contribution in [0.15, 0.2) is 71.6 Å². The molecule has 1 N–H and O–H groups in total. The van der Waals surface area contributed by atoms with E-state index in [0.29, 0.717) is 24.1 Å². The first-order chi connectivity index (χ1) is 18.8. The van der Waals surface area contributed by atoms with Gasteiger partial charge in [-0.1, -0.05) is 62.2 Å². The summed E-state index contributed by atoms with van der Waals surface area (Å²) >= 11 is 0. The summed E-state index contributed by atoms with van der Waals surface area (Å²) in [5.41, 5.74) is 1.12. The Morgan fingerprint density at radius 3 is 2.49 bits per heavy atom. The van der Waals surface area contributed by atoms with Crippen molar-refractivity contribution in [2.45, 2.75) is 88.6 Å². The number of likely N-dealkylation sites (tertiary alicyclic amines) is 1. The summed E-state index contributed by atoms with van der Waals surface area (Å²) < 4.78 is 31.1. The van der Waals surface area contributed by atoms with E-state index in [1.54, 1.807) is 30.3 Å². The van der Waals surface area contributed by atoms with Crippen molar-refractivity contribution < 1.29 is 17.4 Å². The molecule has 210 valence electrons. The van der Waals surface area contributed by atoms with Crippen LogP contribution in [0.25, 0.3) is 10.8 Å². The molecular formula is C32H42N2O4S. The van der Waals surface area contributed by atoms with Crippen molar-refractivity contribution in [1.82, 2.24) is 10.2 Å². The minimum Gasteiger partial charge on any atom is -0.379 e. The summed E-state index contributed by atoms with van der Waals surface area (Å²) in [5, 5.41) is 5.60. The van der Waals surface area contributed by atoms with Gasteiger partial charge in [-0.25, -0.2) is 0 Å². The Morgan fingerprint density at radius 1 is 0.949 bits per heavy atom. The molecule has 6 nitrogen and oxygen atoms in total. The fourth-order valence-corrected chi connectivity index (χ4v) is 6.33. The van der Waals surface area contributed by atoms with E-state index in [9.17, 15) is 13.2 Å². The maximum absolute atomic E-state index is 12.8. The lowest BCUT2D eigenvalue weighted by Crippen LogP contribution is -2.37. The quantitative estimate of drug-likeness (QED) is 0.195. The van der Waals surface area contributed by atoms with Gasteiger partial charge in [-0.05, 0) is 86.1 Å². The van der Waals surface area contributed by atoms with E-state index in [2.05, 4.69) is 24.1 Å². The number of rotatable bonds is 13. The Balaban J connectivity index is 1.23. The molecule has 0 spiro atoms. The summed E-state index contributed by atoms with van der Waals surface area (Å²) in [6, 6.07) is 20.7.